The van der Waals surface area contributed by atoms with Crippen molar-refractivity contribution in [1.82, 2.24) is 0 Å². The summed E-state index contributed by atoms with van der Waals surface area (Å²) in [6.45, 7) is 11.3. The number of hydrogen-bond acceptors (Lipinski definition) is 1. The standard InChI is InChI=1S/C40H70O/c1-5-31(3)9-7-11-33-13-21-37(22-14-33)39-25-17-35(18-26-39)29-41-30-36-19-27-40(28-20-36)38-23-15-34(16-24-38)12-8-10-32(4)6-2/h17,19,31-34,37-40H,5-16,18,20-30H2,1-4H3. The zero-order valence-electron chi connectivity index (χ0n) is 28.2. The van der Waals surface area contributed by atoms with Gasteiger partial charge in [0.05, 0.1) is 13.2 Å². The molecule has 1 heteroatoms. The fourth-order valence-corrected chi connectivity index (χ4v) is 9.06. The normalized spacial score (nSPS) is 32.7. The van der Waals surface area contributed by atoms with E-state index in [1.807, 2.05) is 0 Å². The Balaban J connectivity index is 1.04. The van der Waals surface area contributed by atoms with Gasteiger partial charge >= 0.3 is 0 Å². The summed E-state index contributed by atoms with van der Waals surface area (Å²) in [4.78, 5) is 0. The molecule has 0 aromatic carbocycles. The molecule has 236 valence electrons. The Morgan fingerprint density at radius 3 is 1.34 bits per heavy atom. The van der Waals surface area contributed by atoms with Crippen LogP contribution in [0.4, 0.5) is 0 Å². The minimum absolute atomic E-state index is 0.886. The van der Waals surface area contributed by atoms with Crippen molar-refractivity contribution in [3.63, 3.8) is 0 Å². The first-order chi connectivity index (χ1) is 20.0. The summed E-state index contributed by atoms with van der Waals surface area (Å²) in [5.41, 5.74) is 3.19. The maximum atomic E-state index is 6.29. The molecule has 2 fully saturated rings. The highest BCUT2D eigenvalue weighted by Crippen LogP contribution is 2.42. The van der Waals surface area contributed by atoms with E-state index in [9.17, 15) is 0 Å². The molecule has 41 heavy (non-hydrogen) atoms. The topological polar surface area (TPSA) is 9.23 Å². The Morgan fingerprint density at radius 2 is 1.00 bits per heavy atom. The van der Waals surface area contributed by atoms with E-state index in [1.54, 1.807) is 11.1 Å². The SMILES string of the molecule is CCC(C)CCCC1CCC(C2CC=C(COCC3=CCC(C4CCC(CCCC(C)CC)CC4)CC3)CC2)CC1. The van der Waals surface area contributed by atoms with E-state index in [4.69, 9.17) is 4.74 Å². The summed E-state index contributed by atoms with van der Waals surface area (Å²) in [5, 5.41) is 0. The van der Waals surface area contributed by atoms with Crippen LogP contribution in [0.25, 0.3) is 0 Å². The van der Waals surface area contributed by atoms with Crippen LogP contribution in [0.2, 0.25) is 0 Å². The molecule has 0 saturated heterocycles. The lowest BCUT2D eigenvalue weighted by Crippen LogP contribution is -2.24. The quantitative estimate of drug-likeness (QED) is 0.169. The van der Waals surface area contributed by atoms with Crippen LogP contribution >= 0.6 is 0 Å². The molecule has 1 nitrogen and oxygen atoms in total. The van der Waals surface area contributed by atoms with Crippen LogP contribution in [0.5, 0.6) is 0 Å². The molecule has 0 bridgehead atoms. The van der Waals surface area contributed by atoms with Crippen LogP contribution in [0.15, 0.2) is 23.3 Å². The van der Waals surface area contributed by atoms with E-state index in [2.05, 4.69) is 39.8 Å². The summed E-state index contributed by atoms with van der Waals surface area (Å²) in [6, 6.07) is 0. The minimum Gasteiger partial charge on any atom is -0.373 e. The lowest BCUT2D eigenvalue weighted by Gasteiger charge is -2.36. The molecule has 0 heterocycles. The Hall–Kier alpha value is -0.560. The molecule has 4 aliphatic rings. The number of rotatable bonds is 16. The van der Waals surface area contributed by atoms with E-state index in [0.29, 0.717) is 0 Å². The van der Waals surface area contributed by atoms with Gasteiger partial charge in [-0.05, 0) is 123 Å². The van der Waals surface area contributed by atoms with Crippen LogP contribution in [0.3, 0.4) is 0 Å². The summed E-state index contributed by atoms with van der Waals surface area (Å²) in [5.74, 6) is 7.85. The second kappa shape index (κ2) is 18.3. The van der Waals surface area contributed by atoms with Crippen LogP contribution in [-0.4, -0.2) is 13.2 Å². The van der Waals surface area contributed by atoms with Crippen molar-refractivity contribution in [2.45, 2.75) is 169 Å². The van der Waals surface area contributed by atoms with E-state index >= 15 is 0 Å². The van der Waals surface area contributed by atoms with E-state index in [1.165, 1.54) is 141 Å². The van der Waals surface area contributed by atoms with E-state index in [0.717, 1.165) is 60.6 Å². The molecule has 0 aromatic rings. The van der Waals surface area contributed by atoms with Crippen LogP contribution in [0.1, 0.15) is 169 Å². The predicted octanol–water partition coefficient (Wildman–Crippen LogP) is 12.5. The predicted molar refractivity (Wildman–Crippen MR) is 179 cm³/mol. The minimum atomic E-state index is 0.886. The highest BCUT2D eigenvalue weighted by atomic mass is 16.5. The third-order valence-electron chi connectivity index (χ3n) is 12.8. The molecule has 4 rings (SSSR count). The average molecular weight is 567 g/mol. The maximum absolute atomic E-state index is 6.29. The van der Waals surface area contributed by atoms with Gasteiger partial charge in [0.2, 0.25) is 0 Å². The molecule has 0 radical (unpaired) electrons. The zero-order chi connectivity index (χ0) is 28.9. The van der Waals surface area contributed by atoms with Gasteiger partial charge in [-0.2, -0.15) is 0 Å². The average Bonchev–Trinajstić information content (AvgIpc) is 3.02. The second-order valence-electron chi connectivity index (χ2n) is 15.7. The fraction of sp³-hybridized carbons (Fsp3) is 0.900. The zero-order valence-corrected chi connectivity index (χ0v) is 28.2. The molecule has 0 N–H and O–H groups in total. The lowest BCUT2D eigenvalue weighted by molar-refractivity contribution is 0.154. The van der Waals surface area contributed by atoms with Crippen molar-refractivity contribution in [3.8, 4) is 0 Å². The first-order valence-electron chi connectivity index (χ1n) is 19.0. The molecule has 2 saturated carbocycles. The monoisotopic (exact) mass is 567 g/mol. The van der Waals surface area contributed by atoms with Gasteiger partial charge < -0.3 is 4.74 Å². The van der Waals surface area contributed by atoms with E-state index < -0.39 is 0 Å². The number of allylic oxidation sites excluding steroid dienone is 2. The van der Waals surface area contributed by atoms with Gasteiger partial charge in [-0.3, -0.25) is 0 Å². The second-order valence-corrected chi connectivity index (χ2v) is 15.7. The Bertz CT molecular complexity index is 698. The highest BCUT2D eigenvalue weighted by Gasteiger charge is 2.30. The number of ether oxygens (including phenoxy) is 1. The molecular formula is C40H70O. The molecule has 4 aliphatic carbocycles. The first-order valence-corrected chi connectivity index (χ1v) is 19.0. The molecule has 0 aromatic heterocycles. The summed E-state index contributed by atoms with van der Waals surface area (Å²) in [7, 11) is 0. The van der Waals surface area contributed by atoms with Gasteiger partial charge in [0.15, 0.2) is 0 Å². The highest BCUT2D eigenvalue weighted by molar-refractivity contribution is 5.10. The summed E-state index contributed by atoms with van der Waals surface area (Å²) in [6.07, 6.45) is 36.9. The van der Waals surface area contributed by atoms with Gasteiger partial charge in [-0.15, -0.1) is 0 Å². The van der Waals surface area contributed by atoms with Gasteiger partial charge in [-0.1, -0.05) is 117 Å². The molecule has 0 spiro atoms. The van der Waals surface area contributed by atoms with Crippen molar-refractivity contribution < 1.29 is 4.74 Å². The van der Waals surface area contributed by atoms with Gasteiger partial charge in [0.25, 0.3) is 0 Å². The van der Waals surface area contributed by atoms with Crippen molar-refractivity contribution in [2.75, 3.05) is 13.2 Å². The van der Waals surface area contributed by atoms with Crippen LogP contribution in [0, 0.1) is 47.3 Å². The first kappa shape index (κ1) is 33.3. The Kier molecular flexibility index (Phi) is 14.9. The van der Waals surface area contributed by atoms with E-state index in [-0.39, 0.29) is 0 Å². The van der Waals surface area contributed by atoms with Crippen LogP contribution < -0.4 is 0 Å². The number of hydrogen-bond donors (Lipinski definition) is 0. The maximum Gasteiger partial charge on any atom is 0.0681 e. The van der Waals surface area contributed by atoms with Gasteiger partial charge in [0.1, 0.15) is 0 Å². The largest absolute Gasteiger partial charge is 0.373 e. The van der Waals surface area contributed by atoms with Gasteiger partial charge in [-0.25, -0.2) is 0 Å². The summed E-state index contributed by atoms with van der Waals surface area (Å²) < 4.78 is 6.29. The lowest BCUT2D eigenvalue weighted by atomic mass is 9.70. The van der Waals surface area contributed by atoms with Crippen molar-refractivity contribution in [2.24, 2.45) is 47.3 Å². The third kappa shape index (κ3) is 11.5. The molecule has 4 unspecified atom stereocenters. The molecule has 0 aliphatic heterocycles. The van der Waals surface area contributed by atoms with Gasteiger partial charge in [0, 0.05) is 0 Å². The Labute approximate surface area is 257 Å². The van der Waals surface area contributed by atoms with Crippen molar-refractivity contribution in [3.05, 3.63) is 23.3 Å². The smallest absolute Gasteiger partial charge is 0.0681 e. The molecule has 4 atom stereocenters. The summed E-state index contributed by atoms with van der Waals surface area (Å²) >= 11 is 0. The third-order valence-corrected chi connectivity index (χ3v) is 12.8. The molecular weight excluding hydrogens is 496 g/mol. The fourth-order valence-electron chi connectivity index (χ4n) is 9.06. The Morgan fingerprint density at radius 1 is 0.585 bits per heavy atom. The van der Waals surface area contributed by atoms with Crippen LogP contribution in [-0.2, 0) is 4.74 Å². The molecule has 0 amide bonds. The van der Waals surface area contributed by atoms with Crippen molar-refractivity contribution >= 4 is 0 Å². The van der Waals surface area contributed by atoms with Crippen molar-refractivity contribution in [1.29, 1.82) is 0 Å².